The minimum atomic E-state index is -1.12. The maximum absolute atomic E-state index is 13.4. The molecule has 2 N–H and O–H groups in total. The van der Waals surface area contributed by atoms with Crippen LogP contribution in [0.4, 0.5) is 0 Å². The number of nitrogens with zero attached hydrogens (tertiary/aromatic N) is 2. The number of likely N-dealkylation sites (tertiary alicyclic amines) is 1. The molecule has 4 atom stereocenters. The summed E-state index contributed by atoms with van der Waals surface area (Å²) in [6, 6.07) is 16.0. The van der Waals surface area contributed by atoms with Gasteiger partial charge in [0.15, 0.2) is 0 Å². The van der Waals surface area contributed by atoms with Gasteiger partial charge in [-0.15, -0.1) is 11.3 Å². The number of carboxylic acids is 1. The molecule has 3 aromatic rings. The second-order valence-corrected chi connectivity index (χ2v) is 9.80. The van der Waals surface area contributed by atoms with Crippen molar-refractivity contribution in [1.29, 1.82) is 0 Å². The highest BCUT2D eigenvalue weighted by molar-refractivity contribution is 7.09. The molecule has 2 fully saturated rings. The van der Waals surface area contributed by atoms with E-state index in [0.29, 0.717) is 6.42 Å². The number of hydrogen-bond donors (Lipinski definition) is 2. The summed E-state index contributed by atoms with van der Waals surface area (Å²) in [5.74, 6) is -3.49. The van der Waals surface area contributed by atoms with E-state index in [1.807, 2.05) is 73.7 Å². The molecule has 2 aromatic carbocycles. The molecule has 1 aromatic heterocycles. The van der Waals surface area contributed by atoms with Gasteiger partial charge in [0.05, 0.1) is 23.0 Å². The highest BCUT2D eigenvalue weighted by Crippen LogP contribution is 2.44. The van der Waals surface area contributed by atoms with E-state index < -0.39 is 35.8 Å². The van der Waals surface area contributed by atoms with Crippen LogP contribution in [0, 0.1) is 18.8 Å². The molecule has 0 aliphatic carbocycles. The maximum atomic E-state index is 13.4. The highest BCUT2D eigenvalue weighted by atomic mass is 32.1. The number of nitrogens with one attached hydrogen (secondary N) is 1. The molecule has 2 amide bonds. The van der Waals surface area contributed by atoms with Gasteiger partial charge in [-0.3, -0.25) is 24.6 Å². The Morgan fingerprint density at radius 3 is 2.31 bits per heavy atom. The van der Waals surface area contributed by atoms with Crippen molar-refractivity contribution in [1.82, 2.24) is 15.2 Å². The van der Waals surface area contributed by atoms with Crippen molar-refractivity contribution in [2.45, 2.75) is 25.4 Å². The first kappa shape index (κ1) is 23.1. The van der Waals surface area contributed by atoms with Crippen molar-refractivity contribution < 1.29 is 19.5 Å². The first-order valence-electron chi connectivity index (χ1n) is 11.5. The number of carbonyl (C=O) groups excluding carboxylic acids is 2. The second-order valence-electron chi connectivity index (χ2n) is 8.86. The lowest BCUT2D eigenvalue weighted by atomic mass is 9.86. The first-order valence-corrected chi connectivity index (χ1v) is 12.4. The standard InChI is InChI=1S/C27H25N3O4S/c1-16-20(35-15-28-16)13-14-30-25(31)21-22(26(30)32)24(27(33)34)29-23(21)19-11-9-18(10-12-19)8-7-17-5-3-2-4-6-17/h2-12,15,21-24,29H,13-14H2,1H3,(H,33,34)/b8-7+. The van der Waals surface area contributed by atoms with E-state index in [2.05, 4.69) is 10.3 Å². The number of rotatable bonds is 7. The van der Waals surface area contributed by atoms with E-state index in [1.165, 1.54) is 16.2 Å². The van der Waals surface area contributed by atoms with Crippen LogP contribution in [0.25, 0.3) is 12.2 Å². The van der Waals surface area contributed by atoms with Gasteiger partial charge in [-0.25, -0.2) is 4.98 Å². The van der Waals surface area contributed by atoms with E-state index in [4.69, 9.17) is 0 Å². The summed E-state index contributed by atoms with van der Waals surface area (Å²) in [5, 5.41) is 12.8. The van der Waals surface area contributed by atoms with Crippen LogP contribution in [0.5, 0.6) is 0 Å². The third-order valence-corrected chi connectivity index (χ3v) is 7.80. The Balaban J connectivity index is 1.36. The van der Waals surface area contributed by atoms with Crippen molar-refractivity contribution in [3.05, 3.63) is 87.4 Å². The predicted molar refractivity (Wildman–Crippen MR) is 133 cm³/mol. The summed E-state index contributed by atoms with van der Waals surface area (Å²) < 4.78 is 0. The lowest BCUT2D eigenvalue weighted by Crippen LogP contribution is -2.43. The zero-order valence-electron chi connectivity index (χ0n) is 19.1. The molecule has 178 valence electrons. The number of hydrogen-bond acceptors (Lipinski definition) is 6. The van der Waals surface area contributed by atoms with Crippen LogP contribution >= 0.6 is 11.3 Å². The Kier molecular flexibility index (Phi) is 6.32. The number of benzene rings is 2. The van der Waals surface area contributed by atoms with Crippen LogP contribution in [-0.2, 0) is 20.8 Å². The Morgan fingerprint density at radius 1 is 1.03 bits per heavy atom. The quantitative estimate of drug-likeness (QED) is 0.391. The lowest BCUT2D eigenvalue weighted by Gasteiger charge is -2.21. The van der Waals surface area contributed by atoms with Gasteiger partial charge < -0.3 is 5.11 Å². The number of carboxylic acid groups (broad SMARTS) is 1. The van der Waals surface area contributed by atoms with Gasteiger partial charge in [0.2, 0.25) is 11.8 Å². The Bertz CT molecular complexity index is 1290. The summed E-state index contributed by atoms with van der Waals surface area (Å²) >= 11 is 1.49. The van der Waals surface area contributed by atoms with Gasteiger partial charge >= 0.3 is 5.97 Å². The van der Waals surface area contributed by atoms with Crippen molar-refractivity contribution in [2.75, 3.05) is 6.54 Å². The van der Waals surface area contributed by atoms with Gasteiger partial charge in [-0.2, -0.15) is 0 Å². The largest absolute Gasteiger partial charge is 0.480 e. The van der Waals surface area contributed by atoms with Crippen LogP contribution in [0.1, 0.15) is 33.3 Å². The minimum absolute atomic E-state index is 0.232. The molecule has 3 heterocycles. The van der Waals surface area contributed by atoms with Crippen LogP contribution in [0.3, 0.4) is 0 Å². The molecule has 8 heteroatoms. The third kappa shape index (κ3) is 4.42. The minimum Gasteiger partial charge on any atom is -0.480 e. The number of aliphatic carboxylic acids is 1. The molecule has 35 heavy (non-hydrogen) atoms. The number of thiazole rings is 1. The topological polar surface area (TPSA) is 99.6 Å². The van der Waals surface area contributed by atoms with E-state index in [0.717, 1.165) is 27.3 Å². The average Bonchev–Trinajstić information content (AvgIpc) is 3.53. The van der Waals surface area contributed by atoms with Gasteiger partial charge in [0.25, 0.3) is 0 Å². The molecule has 2 aliphatic rings. The number of amides is 2. The maximum Gasteiger partial charge on any atom is 0.321 e. The summed E-state index contributed by atoms with van der Waals surface area (Å²) in [6.07, 6.45) is 4.53. The van der Waals surface area contributed by atoms with Gasteiger partial charge in [0.1, 0.15) is 6.04 Å². The zero-order chi connectivity index (χ0) is 24.5. The van der Waals surface area contributed by atoms with E-state index in [1.54, 1.807) is 5.51 Å². The smallest absolute Gasteiger partial charge is 0.321 e. The molecular formula is C27H25N3O4S. The molecule has 0 saturated carbocycles. The Morgan fingerprint density at radius 2 is 1.69 bits per heavy atom. The number of aromatic nitrogens is 1. The Hall–Kier alpha value is -3.62. The molecule has 0 radical (unpaired) electrons. The lowest BCUT2D eigenvalue weighted by molar-refractivity contribution is -0.146. The van der Waals surface area contributed by atoms with Crippen LogP contribution in [0.2, 0.25) is 0 Å². The van der Waals surface area contributed by atoms with Crippen LogP contribution in [0.15, 0.2) is 60.1 Å². The zero-order valence-corrected chi connectivity index (χ0v) is 19.9. The SMILES string of the molecule is Cc1ncsc1CCN1C(=O)C2C(C(=O)O)NC(c3ccc(/C=C/c4ccccc4)cc3)C2C1=O. The summed E-state index contributed by atoms with van der Waals surface area (Å²) in [4.78, 5) is 45.0. The number of aryl methyl sites for hydroxylation is 1. The fourth-order valence-corrected chi connectivity index (χ4v) is 5.75. The second kappa shape index (κ2) is 9.56. The predicted octanol–water partition coefficient (Wildman–Crippen LogP) is 3.56. The fourth-order valence-electron chi connectivity index (χ4n) is 4.98. The van der Waals surface area contributed by atoms with Gasteiger partial charge in [-0.1, -0.05) is 66.7 Å². The first-order chi connectivity index (χ1) is 16.9. The average molecular weight is 488 g/mol. The van der Waals surface area contributed by atoms with Crippen LogP contribution < -0.4 is 5.32 Å². The molecule has 2 saturated heterocycles. The third-order valence-electron chi connectivity index (χ3n) is 6.80. The van der Waals surface area contributed by atoms with E-state index in [-0.39, 0.29) is 12.5 Å². The molecule has 0 spiro atoms. The fraction of sp³-hybridized carbons (Fsp3) is 0.259. The molecule has 2 aliphatic heterocycles. The summed E-state index contributed by atoms with van der Waals surface area (Å²) in [6.45, 7) is 2.13. The normalized spacial score (nSPS) is 23.9. The highest BCUT2D eigenvalue weighted by Gasteiger charge is 2.60. The summed E-state index contributed by atoms with van der Waals surface area (Å²) in [7, 11) is 0. The molecule has 5 rings (SSSR count). The summed E-state index contributed by atoms with van der Waals surface area (Å²) in [5.41, 5.74) is 5.49. The van der Waals surface area contributed by atoms with Crippen LogP contribution in [-0.4, -0.2) is 45.4 Å². The van der Waals surface area contributed by atoms with Gasteiger partial charge in [-0.05, 0) is 23.6 Å². The molecular weight excluding hydrogens is 462 g/mol. The van der Waals surface area contributed by atoms with Crippen molar-refractivity contribution in [2.24, 2.45) is 11.8 Å². The van der Waals surface area contributed by atoms with E-state index >= 15 is 0 Å². The number of imide groups is 1. The van der Waals surface area contributed by atoms with E-state index in [9.17, 15) is 19.5 Å². The monoisotopic (exact) mass is 487 g/mol. The molecule has 4 unspecified atom stereocenters. The molecule has 7 nitrogen and oxygen atoms in total. The Labute approximate surface area is 207 Å². The number of carbonyl (C=O) groups is 3. The number of fused-ring (bicyclic) bond motifs is 1. The van der Waals surface area contributed by atoms with Crippen molar-refractivity contribution in [3.63, 3.8) is 0 Å². The van der Waals surface area contributed by atoms with Crippen molar-refractivity contribution in [3.8, 4) is 0 Å². The van der Waals surface area contributed by atoms with Gasteiger partial charge in [0, 0.05) is 23.9 Å². The van der Waals surface area contributed by atoms with Crippen molar-refractivity contribution >= 4 is 41.3 Å². The molecule has 0 bridgehead atoms.